The number of nitrogens with two attached hydrogens (primary N) is 1. The zero-order valence-corrected chi connectivity index (χ0v) is 21.8. The average Bonchev–Trinajstić information content (AvgIpc) is 2.73. The molecular formula is C26H54N2S2. The van der Waals surface area contributed by atoms with Crippen LogP contribution < -0.4 is 11.1 Å². The van der Waals surface area contributed by atoms with Gasteiger partial charge in [0.1, 0.15) is 4.32 Å². The third-order valence-corrected chi connectivity index (χ3v) is 6.46. The van der Waals surface area contributed by atoms with Gasteiger partial charge in [-0.2, -0.15) is 0 Å². The molecule has 3 N–H and O–H groups in total. The van der Waals surface area contributed by atoms with E-state index in [4.69, 9.17) is 18.0 Å². The van der Waals surface area contributed by atoms with Crippen molar-refractivity contribution in [1.29, 1.82) is 0 Å². The van der Waals surface area contributed by atoms with Gasteiger partial charge in [-0.3, -0.25) is 0 Å². The minimum absolute atomic E-state index is 0.626. The van der Waals surface area contributed by atoms with E-state index in [9.17, 15) is 0 Å². The lowest BCUT2D eigenvalue weighted by Crippen LogP contribution is -2.17. The highest BCUT2D eigenvalue weighted by molar-refractivity contribution is 8.11. The minimum Gasteiger partial charge on any atom is -0.371 e. The fourth-order valence-corrected chi connectivity index (χ4v) is 4.39. The van der Waals surface area contributed by atoms with Crippen LogP contribution in [-0.2, 0) is 0 Å². The molecule has 0 heterocycles. The molecule has 180 valence electrons. The number of hydrogen-bond donors (Lipinski definition) is 3. The second kappa shape index (κ2) is 27.2. The molecule has 0 fully saturated rings. The monoisotopic (exact) mass is 458 g/mol. The fraction of sp³-hybridized carbons (Fsp3) is 0.962. The standard InChI is InChI=1S/C26H54N2S2/c27-24-22-20-18-16-14-12-10-8-6-4-2-1-3-5-7-9-11-13-15-17-19-21-23-25-28-26(29)30/h1-25,27H2,(H2,28,29,30). The Hall–Kier alpha value is 0.200. The van der Waals surface area contributed by atoms with E-state index in [1.165, 1.54) is 148 Å². The van der Waals surface area contributed by atoms with Crippen molar-refractivity contribution in [3.63, 3.8) is 0 Å². The van der Waals surface area contributed by atoms with Crippen LogP contribution in [0.15, 0.2) is 0 Å². The Kier molecular flexibility index (Phi) is 27.4. The Balaban J connectivity index is 2.99. The Morgan fingerprint density at radius 1 is 0.467 bits per heavy atom. The molecule has 0 rings (SSSR count). The summed E-state index contributed by atoms with van der Waals surface area (Å²) in [6, 6.07) is 0. The lowest BCUT2D eigenvalue weighted by molar-refractivity contribution is 0.517. The first-order valence-corrected chi connectivity index (χ1v) is 14.3. The lowest BCUT2D eigenvalue weighted by Gasteiger charge is -2.05. The van der Waals surface area contributed by atoms with Crippen LogP contribution in [0.1, 0.15) is 148 Å². The summed E-state index contributed by atoms with van der Waals surface area (Å²) in [6.07, 6.45) is 32.5. The smallest absolute Gasteiger partial charge is 0.130 e. The molecule has 0 atom stereocenters. The largest absolute Gasteiger partial charge is 0.371 e. The van der Waals surface area contributed by atoms with Crippen LogP contribution >= 0.6 is 24.8 Å². The highest BCUT2D eigenvalue weighted by Gasteiger charge is 1.96. The second-order valence-corrected chi connectivity index (χ2v) is 10.3. The molecule has 0 unspecified atom stereocenters. The van der Waals surface area contributed by atoms with E-state index in [1.807, 2.05) is 0 Å². The highest BCUT2D eigenvalue weighted by atomic mass is 32.1. The number of thiol groups is 1. The molecule has 0 saturated carbocycles. The van der Waals surface area contributed by atoms with Gasteiger partial charge in [0, 0.05) is 6.54 Å². The first-order valence-electron chi connectivity index (χ1n) is 13.4. The molecule has 0 aliphatic carbocycles. The normalized spacial score (nSPS) is 11.1. The van der Waals surface area contributed by atoms with E-state index in [0.29, 0.717) is 4.32 Å². The molecule has 0 amide bonds. The zero-order chi connectivity index (χ0) is 22.0. The van der Waals surface area contributed by atoms with Gasteiger partial charge in [0.2, 0.25) is 0 Å². The van der Waals surface area contributed by atoms with E-state index < -0.39 is 0 Å². The summed E-state index contributed by atoms with van der Waals surface area (Å²) in [5.74, 6) is 0. The first kappa shape index (κ1) is 30.2. The zero-order valence-electron chi connectivity index (χ0n) is 20.1. The topological polar surface area (TPSA) is 38.0 Å². The van der Waals surface area contributed by atoms with Gasteiger partial charge in [-0.1, -0.05) is 147 Å². The number of nitrogens with one attached hydrogen (secondary N) is 1. The van der Waals surface area contributed by atoms with Crippen molar-refractivity contribution >= 4 is 29.2 Å². The van der Waals surface area contributed by atoms with E-state index in [0.717, 1.165) is 13.1 Å². The van der Waals surface area contributed by atoms with Gasteiger partial charge in [-0.25, -0.2) is 0 Å². The molecule has 0 aromatic heterocycles. The summed E-state index contributed by atoms with van der Waals surface area (Å²) < 4.78 is 0.626. The van der Waals surface area contributed by atoms with Gasteiger partial charge in [0.25, 0.3) is 0 Å². The number of hydrogen-bond acceptors (Lipinski definition) is 2. The third-order valence-electron chi connectivity index (χ3n) is 6.16. The number of thiocarbonyl (C=S) groups is 1. The van der Waals surface area contributed by atoms with Gasteiger partial charge in [0.15, 0.2) is 0 Å². The summed E-state index contributed by atoms with van der Waals surface area (Å²) in [6.45, 7) is 1.85. The molecule has 30 heavy (non-hydrogen) atoms. The molecule has 0 saturated heterocycles. The van der Waals surface area contributed by atoms with Crippen molar-refractivity contribution in [2.45, 2.75) is 148 Å². The van der Waals surface area contributed by atoms with Gasteiger partial charge in [-0.15, -0.1) is 12.6 Å². The predicted octanol–water partition coefficient (Wildman–Crippen LogP) is 8.72. The quantitative estimate of drug-likeness (QED) is 0.0727. The lowest BCUT2D eigenvalue weighted by atomic mass is 10.0. The Bertz CT molecular complexity index is 337. The molecule has 0 aromatic rings. The maximum absolute atomic E-state index is 5.52. The summed E-state index contributed by atoms with van der Waals surface area (Å²) in [7, 11) is 0. The molecule has 0 aromatic carbocycles. The van der Waals surface area contributed by atoms with Crippen LogP contribution in [0, 0.1) is 0 Å². The van der Waals surface area contributed by atoms with E-state index >= 15 is 0 Å². The number of unbranched alkanes of at least 4 members (excludes halogenated alkanes) is 22. The summed E-state index contributed by atoms with van der Waals surface area (Å²) in [5, 5.41) is 3.10. The maximum Gasteiger partial charge on any atom is 0.130 e. The average molecular weight is 459 g/mol. The van der Waals surface area contributed by atoms with Gasteiger partial charge < -0.3 is 11.1 Å². The van der Waals surface area contributed by atoms with Crippen molar-refractivity contribution in [3.05, 3.63) is 0 Å². The fourth-order valence-electron chi connectivity index (χ4n) is 4.18. The van der Waals surface area contributed by atoms with Crippen LogP contribution in [0.4, 0.5) is 0 Å². The van der Waals surface area contributed by atoms with Crippen molar-refractivity contribution in [3.8, 4) is 0 Å². The molecule has 4 heteroatoms. The first-order chi connectivity index (χ1) is 14.8. The van der Waals surface area contributed by atoms with Crippen LogP contribution in [-0.4, -0.2) is 17.4 Å². The molecule has 2 nitrogen and oxygen atoms in total. The van der Waals surface area contributed by atoms with Crippen molar-refractivity contribution in [1.82, 2.24) is 5.32 Å². The molecule has 0 spiro atoms. The number of rotatable bonds is 25. The van der Waals surface area contributed by atoms with Crippen LogP contribution in [0.2, 0.25) is 0 Å². The Morgan fingerprint density at radius 3 is 0.933 bits per heavy atom. The van der Waals surface area contributed by atoms with Crippen molar-refractivity contribution < 1.29 is 0 Å². The maximum atomic E-state index is 5.52. The Labute approximate surface area is 200 Å². The second-order valence-electron chi connectivity index (χ2n) is 9.15. The minimum atomic E-state index is 0.626. The van der Waals surface area contributed by atoms with Gasteiger partial charge in [-0.05, 0) is 19.4 Å². The molecule has 0 radical (unpaired) electrons. The summed E-state index contributed by atoms with van der Waals surface area (Å²) in [4.78, 5) is 0. The Morgan fingerprint density at radius 2 is 0.700 bits per heavy atom. The third kappa shape index (κ3) is 28.2. The molecule has 0 aliphatic rings. The van der Waals surface area contributed by atoms with E-state index in [2.05, 4.69) is 17.9 Å². The van der Waals surface area contributed by atoms with Gasteiger partial charge >= 0.3 is 0 Å². The summed E-state index contributed by atoms with van der Waals surface area (Å²) in [5.41, 5.74) is 5.52. The predicted molar refractivity (Wildman–Crippen MR) is 145 cm³/mol. The molecule has 0 bridgehead atoms. The SMILES string of the molecule is NCCCCCCCCCCCCCCCCCCCCCCCCCNC(=S)S. The van der Waals surface area contributed by atoms with Gasteiger partial charge in [0.05, 0.1) is 0 Å². The van der Waals surface area contributed by atoms with E-state index in [-0.39, 0.29) is 0 Å². The van der Waals surface area contributed by atoms with Crippen molar-refractivity contribution in [2.75, 3.05) is 13.1 Å². The van der Waals surface area contributed by atoms with Crippen molar-refractivity contribution in [2.24, 2.45) is 5.73 Å². The summed E-state index contributed by atoms with van der Waals surface area (Å²) >= 11 is 8.95. The molecular weight excluding hydrogens is 404 g/mol. The van der Waals surface area contributed by atoms with E-state index in [1.54, 1.807) is 0 Å². The van der Waals surface area contributed by atoms with Crippen LogP contribution in [0.3, 0.4) is 0 Å². The highest BCUT2D eigenvalue weighted by Crippen LogP contribution is 2.15. The molecule has 0 aliphatic heterocycles. The van der Waals surface area contributed by atoms with Crippen LogP contribution in [0.5, 0.6) is 0 Å². The van der Waals surface area contributed by atoms with Crippen LogP contribution in [0.25, 0.3) is 0 Å².